The predicted octanol–water partition coefficient (Wildman–Crippen LogP) is 3.42. The van der Waals surface area contributed by atoms with Crippen LogP contribution >= 0.6 is 0 Å². The number of likely N-dealkylation sites (N-methyl/N-ethyl adjacent to an activating group) is 1. The second-order valence-electron chi connectivity index (χ2n) is 7.04. The van der Waals surface area contributed by atoms with Gasteiger partial charge in [-0.1, -0.05) is 27.7 Å². The third kappa shape index (κ3) is 13.2. The average Bonchev–Trinajstić information content (AvgIpc) is 3.10. The Bertz CT molecular complexity index is 243. The average molecular weight is 344 g/mol. The molecule has 3 saturated heterocycles. The first-order valence-electron chi connectivity index (χ1n) is 10.3. The van der Waals surface area contributed by atoms with E-state index in [-0.39, 0.29) is 0 Å². The molecule has 4 nitrogen and oxygen atoms in total. The van der Waals surface area contributed by atoms with Crippen LogP contribution in [0.4, 0.5) is 0 Å². The van der Waals surface area contributed by atoms with Gasteiger partial charge in [-0.05, 0) is 78.4 Å². The first-order valence-corrected chi connectivity index (χ1v) is 10.3. The van der Waals surface area contributed by atoms with Gasteiger partial charge in [-0.15, -0.1) is 0 Å². The minimum atomic E-state index is 0.913. The van der Waals surface area contributed by atoms with Crippen molar-refractivity contribution in [2.24, 2.45) is 5.92 Å². The van der Waals surface area contributed by atoms with E-state index in [0.717, 1.165) is 32.2 Å². The lowest BCUT2D eigenvalue weighted by molar-refractivity contribution is 0.0503. The number of hydrogen-bond donors (Lipinski definition) is 0. The molecule has 3 heterocycles. The second kappa shape index (κ2) is 16.3. The quantitative estimate of drug-likeness (QED) is 0.726. The van der Waals surface area contributed by atoms with E-state index in [2.05, 4.69) is 42.6 Å². The molecular weight excluding hydrogens is 298 g/mol. The summed E-state index contributed by atoms with van der Waals surface area (Å²) in [5.74, 6) is 0.979. The lowest BCUT2D eigenvalue weighted by Crippen LogP contribution is -2.32. The van der Waals surface area contributed by atoms with Crippen molar-refractivity contribution in [1.82, 2.24) is 14.7 Å². The zero-order valence-corrected chi connectivity index (χ0v) is 17.5. The number of ether oxygens (including phenoxy) is 1. The van der Waals surface area contributed by atoms with Gasteiger partial charge in [-0.25, -0.2) is 0 Å². The molecule has 0 bridgehead atoms. The highest BCUT2D eigenvalue weighted by atomic mass is 16.5. The number of hydrogen-bond acceptors (Lipinski definition) is 4. The topological polar surface area (TPSA) is 19.0 Å². The van der Waals surface area contributed by atoms with Crippen molar-refractivity contribution in [3.8, 4) is 0 Å². The maximum atomic E-state index is 5.10. The molecule has 3 rings (SSSR count). The third-order valence-electron chi connectivity index (χ3n) is 4.89. The van der Waals surface area contributed by atoms with Gasteiger partial charge in [0.05, 0.1) is 13.2 Å². The number of morpholine rings is 1. The normalized spacial score (nSPS) is 23.2. The zero-order valence-electron chi connectivity index (χ0n) is 17.5. The van der Waals surface area contributed by atoms with E-state index in [1.54, 1.807) is 0 Å². The molecule has 3 fully saturated rings. The van der Waals surface area contributed by atoms with Crippen LogP contribution in [0, 0.1) is 5.92 Å². The molecule has 0 aliphatic carbocycles. The summed E-state index contributed by atoms with van der Waals surface area (Å²) in [6, 6.07) is 0. The summed E-state index contributed by atoms with van der Waals surface area (Å²) in [5.41, 5.74) is 0. The van der Waals surface area contributed by atoms with Crippen LogP contribution in [0.1, 0.15) is 53.4 Å². The summed E-state index contributed by atoms with van der Waals surface area (Å²) in [4.78, 5) is 7.16. The van der Waals surface area contributed by atoms with E-state index in [4.69, 9.17) is 4.74 Å². The Hall–Kier alpha value is -0.160. The zero-order chi connectivity index (χ0) is 18.2. The van der Waals surface area contributed by atoms with Gasteiger partial charge in [0, 0.05) is 13.1 Å². The summed E-state index contributed by atoms with van der Waals surface area (Å²) in [5, 5.41) is 0. The van der Waals surface area contributed by atoms with Crippen LogP contribution in [0.25, 0.3) is 0 Å². The molecule has 3 aliphatic heterocycles. The summed E-state index contributed by atoms with van der Waals surface area (Å²) < 4.78 is 5.10. The van der Waals surface area contributed by atoms with Crippen LogP contribution in [0.5, 0.6) is 0 Å². The van der Waals surface area contributed by atoms with E-state index in [0.29, 0.717) is 0 Å². The van der Waals surface area contributed by atoms with Crippen molar-refractivity contribution in [2.45, 2.75) is 53.4 Å². The highest BCUT2D eigenvalue weighted by molar-refractivity contribution is 4.67. The highest BCUT2D eigenvalue weighted by Crippen LogP contribution is 2.14. The molecule has 146 valence electrons. The Morgan fingerprint density at radius 1 is 0.792 bits per heavy atom. The maximum absolute atomic E-state index is 5.10. The van der Waals surface area contributed by atoms with Crippen molar-refractivity contribution in [3.05, 3.63) is 0 Å². The minimum absolute atomic E-state index is 0.913. The molecule has 0 aromatic rings. The highest BCUT2D eigenvalue weighted by Gasteiger charge is 2.12. The molecule has 3 aliphatic rings. The molecule has 0 atom stereocenters. The summed E-state index contributed by atoms with van der Waals surface area (Å²) >= 11 is 0. The van der Waals surface area contributed by atoms with Crippen LogP contribution < -0.4 is 0 Å². The first-order chi connectivity index (χ1) is 11.6. The van der Waals surface area contributed by atoms with Crippen molar-refractivity contribution >= 4 is 0 Å². The minimum Gasteiger partial charge on any atom is -0.379 e. The molecule has 0 unspecified atom stereocenters. The molecule has 24 heavy (non-hydrogen) atoms. The molecule has 4 heteroatoms. The van der Waals surface area contributed by atoms with Crippen LogP contribution in [-0.4, -0.2) is 87.8 Å². The molecule has 0 radical (unpaired) electrons. The van der Waals surface area contributed by atoms with Gasteiger partial charge >= 0.3 is 0 Å². The van der Waals surface area contributed by atoms with Crippen molar-refractivity contribution in [2.75, 3.05) is 73.1 Å². The number of rotatable bonds is 1. The fraction of sp³-hybridized carbons (Fsp3) is 1.00. The van der Waals surface area contributed by atoms with Gasteiger partial charge in [0.25, 0.3) is 0 Å². The first kappa shape index (κ1) is 23.8. The standard InChI is InChI=1S/C8H17N.C5H11NO.C5H11N.C2H6/c1-3-9-6-4-8(2)5-7-9;1-6-2-4-7-5-3-6;1-6-4-2-3-5-6;1-2/h8H,3-7H2,1-2H3;2-5H2,1H3;2-5H2,1H3;1-2H3. The summed E-state index contributed by atoms with van der Waals surface area (Å²) in [6.45, 7) is 19.2. The molecule has 0 aromatic heterocycles. The third-order valence-corrected chi connectivity index (χ3v) is 4.89. The van der Waals surface area contributed by atoms with Gasteiger partial charge in [-0.3, -0.25) is 0 Å². The van der Waals surface area contributed by atoms with Gasteiger partial charge in [0.15, 0.2) is 0 Å². The summed E-state index contributed by atoms with van der Waals surface area (Å²) in [6.07, 6.45) is 5.65. The Labute approximate surface area is 152 Å². The van der Waals surface area contributed by atoms with E-state index < -0.39 is 0 Å². The Kier molecular flexibility index (Phi) is 16.2. The van der Waals surface area contributed by atoms with Crippen LogP contribution in [-0.2, 0) is 4.74 Å². The number of likely N-dealkylation sites (tertiary alicyclic amines) is 2. The predicted molar refractivity (Wildman–Crippen MR) is 107 cm³/mol. The fourth-order valence-corrected chi connectivity index (χ4v) is 2.91. The van der Waals surface area contributed by atoms with Crippen LogP contribution in [0.2, 0.25) is 0 Å². The largest absolute Gasteiger partial charge is 0.379 e. The van der Waals surface area contributed by atoms with Crippen LogP contribution in [0.3, 0.4) is 0 Å². The lowest BCUT2D eigenvalue weighted by Gasteiger charge is -2.28. The molecule has 0 aromatic carbocycles. The number of piperidine rings is 1. The van der Waals surface area contributed by atoms with Gasteiger partial charge < -0.3 is 19.4 Å². The molecule has 0 saturated carbocycles. The maximum Gasteiger partial charge on any atom is 0.0594 e. The Balaban J connectivity index is 0.000000320. The Morgan fingerprint density at radius 3 is 1.54 bits per heavy atom. The SMILES string of the molecule is CC.CCN1CCC(C)CC1.CN1CCCC1.CN1CCOCC1. The molecule has 0 N–H and O–H groups in total. The smallest absolute Gasteiger partial charge is 0.0594 e. The molecular formula is C20H45N3O. The van der Waals surface area contributed by atoms with E-state index in [1.807, 2.05) is 13.8 Å². The number of nitrogens with zero attached hydrogens (tertiary/aromatic N) is 3. The monoisotopic (exact) mass is 343 g/mol. The van der Waals surface area contributed by atoms with Gasteiger partial charge in [0.1, 0.15) is 0 Å². The lowest BCUT2D eigenvalue weighted by atomic mass is 9.99. The summed E-state index contributed by atoms with van der Waals surface area (Å²) in [7, 11) is 4.29. The van der Waals surface area contributed by atoms with Crippen molar-refractivity contribution in [3.63, 3.8) is 0 Å². The van der Waals surface area contributed by atoms with Crippen molar-refractivity contribution < 1.29 is 4.74 Å². The van der Waals surface area contributed by atoms with E-state index in [1.165, 1.54) is 58.4 Å². The molecule has 0 amide bonds. The van der Waals surface area contributed by atoms with E-state index in [9.17, 15) is 0 Å². The van der Waals surface area contributed by atoms with Crippen molar-refractivity contribution in [1.29, 1.82) is 0 Å². The van der Waals surface area contributed by atoms with E-state index >= 15 is 0 Å². The van der Waals surface area contributed by atoms with Gasteiger partial charge in [0.2, 0.25) is 0 Å². The van der Waals surface area contributed by atoms with Crippen LogP contribution in [0.15, 0.2) is 0 Å². The Morgan fingerprint density at radius 2 is 1.25 bits per heavy atom. The molecule has 0 spiro atoms. The fourth-order valence-electron chi connectivity index (χ4n) is 2.91. The van der Waals surface area contributed by atoms with Gasteiger partial charge in [-0.2, -0.15) is 0 Å². The second-order valence-corrected chi connectivity index (χ2v) is 7.04.